The number of phenols is 2. The van der Waals surface area contributed by atoms with Crippen molar-refractivity contribution in [2.75, 3.05) is 6.54 Å². The van der Waals surface area contributed by atoms with Gasteiger partial charge in [0.25, 0.3) is 5.91 Å². The van der Waals surface area contributed by atoms with Crippen LogP contribution in [0.25, 0.3) is 0 Å². The van der Waals surface area contributed by atoms with Gasteiger partial charge in [-0.05, 0) is 19.1 Å². The van der Waals surface area contributed by atoms with E-state index in [1.54, 1.807) is 0 Å². The number of hydrogen-bond donors (Lipinski definition) is 5. The van der Waals surface area contributed by atoms with E-state index in [2.05, 4.69) is 5.32 Å². The summed E-state index contributed by atoms with van der Waals surface area (Å²) >= 11 is 0. The van der Waals surface area contributed by atoms with E-state index in [4.69, 9.17) is 5.11 Å². The number of rotatable bonds is 5. The molecule has 7 heteroatoms. The van der Waals surface area contributed by atoms with Crippen LogP contribution >= 0.6 is 0 Å². The Morgan fingerprint density at radius 1 is 1.21 bits per heavy atom. The van der Waals surface area contributed by atoms with Gasteiger partial charge in [-0.3, -0.25) is 9.59 Å². The average Bonchev–Trinajstić information content (AvgIpc) is 2.22. The Hall–Kier alpha value is -2.28. The van der Waals surface area contributed by atoms with Gasteiger partial charge < -0.3 is 25.7 Å². The summed E-state index contributed by atoms with van der Waals surface area (Å²) in [6, 6.07) is 3.35. The number of carbonyl (C=O) groups is 2. The molecule has 0 bridgehead atoms. The maximum atomic E-state index is 11.7. The highest BCUT2D eigenvalue weighted by Gasteiger charge is 2.25. The number of carboxylic acids is 1. The largest absolute Gasteiger partial charge is 0.508 e. The van der Waals surface area contributed by atoms with Crippen LogP contribution in [-0.4, -0.2) is 44.4 Å². The molecule has 0 aliphatic rings. The molecule has 0 aliphatic carbocycles. The molecule has 0 heterocycles. The number of benzene rings is 1. The van der Waals surface area contributed by atoms with Gasteiger partial charge in [-0.2, -0.15) is 0 Å². The van der Waals surface area contributed by atoms with Crippen molar-refractivity contribution in [2.45, 2.75) is 18.9 Å². The third-order valence-corrected chi connectivity index (χ3v) is 2.33. The van der Waals surface area contributed by atoms with Crippen LogP contribution in [0.15, 0.2) is 18.2 Å². The van der Waals surface area contributed by atoms with Crippen LogP contribution in [0.3, 0.4) is 0 Å². The number of phenolic OH excluding ortho intramolecular Hbond substituents is 2. The second-order valence-corrected chi connectivity index (χ2v) is 4.49. The number of carbonyl (C=O) groups excluding carboxylic acids is 1. The molecule has 0 aliphatic heterocycles. The lowest BCUT2D eigenvalue weighted by atomic mass is 10.0. The molecule has 1 rings (SSSR count). The summed E-state index contributed by atoms with van der Waals surface area (Å²) < 4.78 is 0. The standard InChI is InChI=1S/C12H15NO6/c1-12(19,5-10(16)17)6-13-11(18)7-2-8(14)4-9(15)3-7/h2-4,14-15,19H,5-6H2,1H3,(H,13,18)(H,16,17). The van der Waals surface area contributed by atoms with E-state index in [1.165, 1.54) is 6.92 Å². The quantitative estimate of drug-likeness (QED) is 0.514. The van der Waals surface area contributed by atoms with Crippen LogP contribution < -0.4 is 5.32 Å². The van der Waals surface area contributed by atoms with Gasteiger partial charge in [0.2, 0.25) is 0 Å². The number of aliphatic hydroxyl groups is 1. The maximum absolute atomic E-state index is 11.7. The molecule has 0 fully saturated rings. The van der Waals surface area contributed by atoms with Crippen molar-refractivity contribution >= 4 is 11.9 Å². The molecule has 0 radical (unpaired) electrons. The highest BCUT2D eigenvalue weighted by Crippen LogP contribution is 2.20. The Morgan fingerprint density at radius 2 is 1.74 bits per heavy atom. The molecule has 5 N–H and O–H groups in total. The fourth-order valence-electron chi connectivity index (χ4n) is 1.49. The van der Waals surface area contributed by atoms with Crippen LogP contribution in [0.5, 0.6) is 11.5 Å². The maximum Gasteiger partial charge on any atom is 0.306 e. The first-order chi connectivity index (χ1) is 8.69. The smallest absolute Gasteiger partial charge is 0.306 e. The van der Waals surface area contributed by atoms with Gasteiger partial charge >= 0.3 is 5.97 Å². The zero-order valence-corrected chi connectivity index (χ0v) is 10.3. The Morgan fingerprint density at radius 3 is 2.21 bits per heavy atom. The normalized spacial score (nSPS) is 13.6. The number of hydrogen-bond acceptors (Lipinski definition) is 5. The van der Waals surface area contributed by atoms with Crippen LogP contribution in [0.4, 0.5) is 0 Å². The van der Waals surface area contributed by atoms with E-state index < -0.39 is 23.9 Å². The molecule has 1 aromatic carbocycles. The lowest BCUT2D eigenvalue weighted by molar-refractivity contribution is -0.141. The third kappa shape index (κ3) is 4.84. The Balaban J connectivity index is 2.67. The first kappa shape index (κ1) is 14.8. The summed E-state index contributed by atoms with van der Waals surface area (Å²) in [5, 5.41) is 39.0. The van der Waals surface area contributed by atoms with E-state index in [0.717, 1.165) is 18.2 Å². The Labute approximate surface area is 109 Å². The van der Waals surface area contributed by atoms with Crippen LogP contribution in [0.1, 0.15) is 23.7 Å². The zero-order chi connectivity index (χ0) is 14.6. The van der Waals surface area contributed by atoms with Crippen LogP contribution in [0, 0.1) is 0 Å². The highest BCUT2D eigenvalue weighted by atomic mass is 16.4. The van der Waals surface area contributed by atoms with Crippen LogP contribution in [-0.2, 0) is 4.79 Å². The summed E-state index contributed by atoms with van der Waals surface area (Å²) in [4.78, 5) is 22.2. The van der Waals surface area contributed by atoms with Gasteiger partial charge in [-0.25, -0.2) is 0 Å². The van der Waals surface area contributed by atoms with E-state index in [9.17, 15) is 24.9 Å². The lowest BCUT2D eigenvalue weighted by Crippen LogP contribution is -2.42. The van der Waals surface area contributed by atoms with Gasteiger partial charge in [-0.1, -0.05) is 0 Å². The predicted molar refractivity (Wildman–Crippen MR) is 65.0 cm³/mol. The molecule has 7 nitrogen and oxygen atoms in total. The molecule has 0 saturated carbocycles. The van der Waals surface area contributed by atoms with Gasteiger partial charge in [-0.15, -0.1) is 0 Å². The SMILES string of the molecule is CC(O)(CNC(=O)c1cc(O)cc(O)c1)CC(=O)O. The topological polar surface area (TPSA) is 127 Å². The van der Waals surface area contributed by atoms with Crippen molar-refractivity contribution in [3.05, 3.63) is 23.8 Å². The van der Waals surface area contributed by atoms with Crippen LogP contribution in [0.2, 0.25) is 0 Å². The minimum Gasteiger partial charge on any atom is -0.508 e. The zero-order valence-electron chi connectivity index (χ0n) is 10.3. The third-order valence-electron chi connectivity index (χ3n) is 2.33. The van der Waals surface area contributed by atoms with E-state index in [0.29, 0.717) is 0 Å². The molecule has 104 valence electrons. The minimum atomic E-state index is -1.58. The molecule has 1 aromatic rings. The van der Waals surface area contributed by atoms with E-state index in [1.807, 2.05) is 0 Å². The second-order valence-electron chi connectivity index (χ2n) is 4.49. The Bertz CT molecular complexity index is 477. The molecule has 0 spiro atoms. The number of aliphatic carboxylic acids is 1. The van der Waals surface area contributed by atoms with Gasteiger partial charge in [0.05, 0.1) is 12.0 Å². The summed E-state index contributed by atoms with van der Waals surface area (Å²) in [7, 11) is 0. The molecule has 0 aromatic heterocycles. The number of amides is 1. The second kappa shape index (κ2) is 5.57. The molecular weight excluding hydrogens is 254 g/mol. The molecule has 1 amide bonds. The number of aromatic hydroxyl groups is 2. The monoisotopic (exact) mass is 269 g/mol. The summed E-state index contributed by atoms with van der Waals surface area (Å²) in [5.41, 5.74) is -1.58. The first-order valence-corrected chi connectivity index (χ1v) is 5.45. The van der Waals surface area contributed by atoms with Crippen molar-refractivity contribution in [3.63, 3.8) is 0 Å². The summed E-state index contributed by atoms with van der Waals surface area (Å²) in [6.07, 6.45) is -0.515. The summed E-state index contributed by atoms with van der Waals surface area (Å²) in [5.74, 6) is -2.38. The predicted octanol–water partition coefficient (Wildman–Crippen LogP) is 0.0533. The molecule has 0 saturated heterocycles. The average molecular weight is 269 g/mol. The van der Waals surface area contributed by atoms with Crippen molar-refractivity contribution in [3.8, 4) is 11.5 Å². The van der Waals surface area contributed by atoms with Crippen molar-refractivity contribution < 1.29 is 30.0 Å². The van der Waals surface area contributed by atoms with E-state index in [-0.39, 0.29) is 23.6 Å². The van der Waals surface area contributed by atoms with Gasteiger partial charge in [0.15, 0.2) is 0 Å². The highest BCUT2D eigenvalue weighted by molar-refractivity contribution is 5.95. The summed E-state index contributed by atoms with van der Waals surface area (Å²) in [6.45, 7) is 1.01. The fourth-order valence-corrected chi connectivity index (χ4v) is 1.49. The van der Waals surface area contributed by atoms with Gasteiger partial charge in [0.1, 0.15) is 11.5 Å². The molecule has 1 atom stereocenters. The lowest BCUT2D eigenvalue weighted by Gasteiger charge is -2.21. The van der Waals surface area contributed by atoms with Crippen molar-refractivity contribution in [2.24, 2.45) is 0 Å². The van der Waals surface area contributed by atoms with E-state index >= 15 is 0 Å². The van der Waals surface area contributed by atoms with Gasteiger partial charge in [0, 0.05) is 18.2 Å². The number of carboxylic acid groups (broad SMARTS) is 1. The molecule has 1 unspecified atom stereocenters. The van der Waals surface area contributed by atoms with Crippen molar-refractivity contribution in [1.82, 2.24) is 5.32 Å². The molecular formula is C12H15NO6. The molecule has 19 heavy (non-hydrogen) atoms. The fraction of sp³-hybridized carbons (Fsp3) is 0.333. The number of nitrogens with one attached hydrogen (secondary N) is 1. The minimum absolute atomic E-state index is 0.00336. The van der Waals surface area contributed by atoms with Crippen molar-refractivity contribution in [1.29, 1.82) is 0 Å². The Kier molecular flexibility index (Phi) is 4.34. The first-order valence-electron chi connectivity index (χ1n) is 5.45.